The summed E-state index contributed by atoms with van der Waals surface area (Å²) >= 11 is 0. The van der Waals surface area contributed by atoms with Gasteiger partial charge in [-0.1, -0.05) is 111 Å². The van der Waals surface area contributed by atoms with Crippen LogP contribution in [0.25, 0.3) is 11.3 Å². The van der Waals surface area contributed by atoms with Crippen LogP contribution < -0.4 is 0 Å². The molecular weight excluding hydrogens is 324 g/mol. The molecule has 0 aliphatic heterocycles. The van der Waals surface area contributed by atoms with E-state index in [1.54, 1.807) is 5.20 Å². The van der Waals surface area contributed by atoms with E-state index in [2.05, 4.69) is 106 Å². The van der Waals surface area contributed by atoms with E-state index in [4.69, 9.17) is 0 Å². The number of hydrogen-bond acceptors (Lipinski definition) is 0. The minimum Gasteiger partial charge on any atom is -0.0735 e. The van der Waals surface area contributed by atoms with Crippen LogP contribution in [0.15, 0.2) is 60.7 Å². The third-order valence-electron chi connectivity index (χ3n) is 5.68. The summed E-state index contributed by atoms with van der Waals surface area (Å²) < 4.78 is 0. The van der Waals surface area contributed by atoms with Crippen LogP contribution in [0.4, 0.5) is 0 Å². The van der Waals surface area contributed by atoms with Gasteiger partial charge in [-0.05, 0) is 11.1 Å². The van der Waals surface area contributed by atoms with Crippen LogP contribution in [0.2, 0.25) is 39.3 Å². The highest BCUT2D eigenvalue weighted by atomic mass is 29.6. The number of rotatable bonds is 5. The van der Waals surface area contributed by atoms with Crippen LogP contribution in [0.3, 0.4) is 0 Å². The fraction of sp³-hybridized carbons (Fsp3) is 0.300. The Kier molecular flexibility index (Phi) is 5.66. The third kappa shape index (κ3) is 3.84. The molecule has 0 spiro atoms. The van der Waals surface area contributed by atoms with Gasteiger partial charge in [-0.3, -0.25) is 0 Å². The summed E-state index contributed by atoms with van der Waals surface area (Å²) in [5.41, 5.74) is 2.76. The Morgan fingerprint density at radius 2 is 1.26 bits per heavy atom. The van der Waals surface area contributed by atoms with Crippen LogP contribution in [0.1, 0.15) is 11.1 Å². The van der Waals surface area contributed by atoms with Gasteiger partial charge in [0.15, 0.2) is 0 Å². The van der Waals surface area contributed by atoms with E-state index in [0.717, 1.165) is 0 Å². The van der Waals surface area contributed by atoms with Gasteiger partial charge in [0.1, 0.15) is 0 Å². The van der Waals surface area contributed by atoms with Crippen molar-refractivity contribution in [2.75, 3.05) is 0 Å². The molecule has 23 heavy (non-hydrogen) atoms. The lowest BCUT2D eigenvalue weighted by atomic mass is 10.1. The van der Waals surface area contributed by atoms with Crippen LogP contribution in [-0.4, -0.2) is 23.0 Å². The second-order valence-corrected chi connectivity index (χ2v) is 32.4. The van der Waals surface area contributed by atoms with Crippen molar-refractivity contribution < 1.29 is 0 Å². The average Bonchev–Trinajstić information content (AvgIpc) is 2.54. The standard InChI is InChI=1S/C20H29Si3/c1-21(2)23(5,6)22(3,4)20(19-15-11-8-12-16-19)17-18-13-9-7-10-14-18/h7-17H,1-6H3/b20-17+. The zero-order valence-corrected chi connectivity index (χ0v) is 18.4. The molecule has 121 valence electrons. The van der Waals surface area contributed by atoms with Crippen molar-refractivity contribution in [1.82, 2.24) is 0 Å². The molecule has 2 rings (SSSR count). The Hall–Kier alpha value is -1.17. The summed E-state index contributed by atoms with van der Waals surface area (Å²) in [4.78, 5) is 0. The molecule has 0 heterocycles. The van der Waals surface area contributed by atoms with Gasteiger partial charge in [-0.2, -0.15) is 0 Å². The highest BCUT2D eigenvalue weighted by Gasteiger charge is 2.46. The Morgan fingerprint density at radius 3 is 1.74 bits per heavy atom. The highest BCUT2D eigenvalue weighted by molar-refractivity contribution is 7.67. The average molecular weight is 354 g/mol. The topological polar surface area (TPSA) is 0 Å². The minimum absolute atomic E-state index is 0.251. The molecule has 2 aromatic rings. The molecule has 0 nitrogen and oxygen atoms in total. The fourth-order valence-electron chi connectivity index (χ4n) is 2.92. The zero-order chi connectivity index (χ0) is 17.1. The van der Waals surface area contributed by atoms with E-state index in [0.29, 0.717) is 0 Å². The SMILES string of the molecule is C[Si](C)[Si](C)(C)[Si](C)(C)/C(=C/c1ccccc1)c1ccccc1. The first-order valence-electron chi connectivity index (χ1n) is 8.40. The van der Waals surface area contributed by atoms with Crippen molar-refractivity contribution in [3.63, 3.8) is 0 Å². The predicted molar refractivity (Wildman–Crippen MR) is 113 cm³/mol. The van der Waals surface area contributed by atoms with Crippen LogP contribution in [0, 0.1) is 0 Å². The maximum atomic E-state index is 2.63. The molecule has 0 unspecified atom stereocenters. The van der Waals surface area contributed by atoms with Crippen molar-refractivity contribution >= 4 is 34.3 Å². The highest BCUT2D eigenvalue weighted by Crippen LogP contribution is 2.36. The van der Waals surface area contributed by atoms with E-state index < -0.39 is 14.7 Å². The molecule has 3 heteroatoms. The first-order valence-corrected chi connectivity index (χ1v) is 18.9. The maximum Gasteiger partial charge on any atom is 0.0719 e. The first kappa shape index (κ1) is 18.2. The lowest BCUT2D eigenvalue weighted by Crippen LogP contribution is -2.63. The van der Waals surface area contributed by atoms with Gasteiger partial charge >= 0.3 is 0 Å². The zero-order valence-electron chi connectivity index (χ0n) is 15.4. The predicted octanol–water partition coefficient (Wildman–Crippen LogP) is 6.09. The summed E-state index contributed by atoms with van der Waals surface area (Å²) in [6, 6.07) is 21.9. The Bertz CT molecular complexity index is 656. The number of hydrogen-bond donors (Lipinski definition) is 0. The third-order valence-corrected chi connectivity index (χ3v) is 40.9. The Labute approximate surface area is 145 Å². The Morgan fingerprint density at radius 1 is 0.783 bits per heavy atom. The summed E-state index contributed by atoms with van der Waals surface area (Å²) in [6.45, 7) is 15.5. The lowest BCUT2D eigenvalue weighted by Gasteiger charge is -2.43. The normalized spacial score (nSPS) is 13.4. The second kappa shape index (κ2) is 7.16. The monoisotopic (exact) mass is 353 g/mol. The minimum atomic E-state index is -1.50. The molecule has 2 aromatic carbocycles. The van der Waals surface area contributed by atoms with E-state index in [1.165, 1.54) is 11.1 Å². The molecule has 0 aliphatic carbocycles. The molecule has 0 N–H and O–H groups in total. The largest absolute Gasteiger partial charge is 0.0735 e. The molecular formula is C20H29Si3. The Balaban J connectivity index is 2.62. The van der Waals surface area contributed by atoms with Crippen molar-refractivity contribution in [1.29, 1.82) is 0 Å². The van der Waals surface area contributed by atoms with Gasteiger partial charge in [0, 0.05) is 15.4 Å². The quantitative estimate of drug-likeness (QED) is 0.450. The molecule has 1 radical (unpaired) electrons. The van der Waals surface area contributed by atoms with Crippen molar-refractivity contribution in [2.45, 2.75) is 39.3 Å². The van der Waals surface area contributed by atoms with E-state index >= 15 is 0 Å². The molecule has 0 atom stereocenters. The summed E-state index contributed by atoms with van der Waals surface area (Å²) in [7, 11) is -2.99. The van der Waals surface area contributed by atoms with E-state index in [-0.39, 0.29) is 8.31 Å². The maximum absolute atomic E-state index is 2.63. The molecule has 0 saturated carbocycles. The van der Waals surface area contributed by atoms with Gasteiger partial charge < -0.3 is 0 Å². The van der Waals surface area contributed by atoms with Crippen LogP contribution in [-0.2, 0) is 0 Å². The van der Waals surface area contributed by atoms with Gasteiger partial charge in [0.25, 0.3) is 0 Å². The molecule has 0 amide bonds. The molecule has 0 aromatic heterocycles. The number of benzene rings is 2. The van der Waals surface area contributed by atoms with Crippen LogP contribution in [0.5, 0.6) is 0 Å². The van der Waals surface area contributed by atoms with E-state index in [9.17, 15) is 0 Å². The van der Waals surface area contributed by atoms with E-state index in [1.807, 2.05) is 0 Å². The second-order valence-electron chi connectivity index (χ2n) is 7.58. The van der Waals surface area contributed by atoms with Crippen molar-refractivity contribution in [3.05, 3.63) is 71.8 Å². The van der Waals surface area contributed by atoms with Gasteiger partial charge in [-0.15, -0.1) is 0 Å². The van der Waals surface area contributed by atoms with Gasteiger partial charge in [0.2, 0.25) is 0 Å². The molecule has 0 saturated heterocycles. The summed E-state index contributed by atoms with van der Waals surface area (Å²) in [5.74, 6) is 0. The lowest BCUT2D eigenvalue weighted by molar-refractivity contribution is 1.62. The van der Waals surface area contributed by atoms with Gasteiger partial charge in [-0.25, -0.2) is 0 Å². The smallest absolute Gasteiger partial charge is 0.0719 e. The van der Waals surface area contributed by atoms with Crippen LogP contribution >= 0.6 is 0 Å². The molecule has 0 fully saturated rings. The molecule has 0 bridgehead atoms. The molecule has 0 aliphatic rings. The van der Waals surface area contributed by atoms with Crippen molar-refractivity contribution in [3.8, 4) is 0 Å². The summed E-state index contributed by atoms with van der Waals surface area (Å²) in [6.07, 6.45) is 2.47. The summed E-state index contributed by atoms with van der Waals surface area (Å²) in [5, 5.41) is 1.63. The van der Waals surface area contributed by atoms with Crippen molar-refractivity contribution in [2.24, 2.45) is 0 Å². The first-order chi connectivity index (χ1) is 10.8. The van der Waals surface area contributed by atoms with Gasteiger partial charge in [0.05, 0.1) is 7.59 Å². The fourth-order valence-corrected chi connectivity index (χ4v) is 25.1.